The van der Waals surface area contributed by atoms with E-state index >= 15 is 0 Å². The maximum atomic E-state index is 11.5. The van der Waals surface area contributed by atoms with E-state index in [2.05, 4.69) is 17.5 Å². The van der Waals surface area contributed by atoms with Crippen LogP contribution in [0, 0.1) is 11.8 Å². The third kappa shape index (κ3) is 1.90. The molecule has 1 aromatic carbocycles. The third-order valence-electron chi connectivity index (χ3n) is 4.00. The van der Waals surface area contributed by atoms with Crippen LogP contribution >= 0.6 is 0 Å². The zero-order valence-corrected chi connectivity index (χ0v) is 10.4. The Morgan fingerprint density at radius 2 is 2.33 bits per heavy atom. The van der Waals surface area contributed by atoms with Crippen LogP contribution in [0.5, 0.6) is 0 Å². The monoisotopic (exact) mass is 243 g/mol. The minimum absolute atomic E-state index is 0.286. The Hall–Kier alpha value is -1.77. The summed E-state index contributed by atoms with van der Waals surface area (Å²) in [6, 6.07) is 8.03. The first-order chi connectivity index (χ1) is 8.78. The van der Waals surface area contributed by atoms with Crippen molar-refractivity contribution in [1.82, 2.24) is 0 Å². The molecule has 3 nitrogen and oxygen atoms in total. The first kappa shape index (κ1) is 11.3. The van der Waals surface area contributed by atoms with E-state index in [9.17, 15) is 4.79 Å². The lowest BCUT2D eigenvalue weighted by molar-refractivity contribution is 0.0601. The number of carbonyl (C=O) groups excluding carboxylic acids is 1. The van der Waals surface area contributed by atoms with Gasteiger partial charge in [0.25, 0.3) is 0 Å². The molecule has 0 amide bonds. The highest BCUT2D eigenvalue weighted by Crippen LogP contribution is 2.44. The van der Waals surface area contributed by atoms with Crippen LogP contribution in [0.4, 0.5) is 5.69 Å². The highest BCUT2D eigenvalue weighted by atomic mass is 16.5. The van der Waals surface area contributed by atoms with Crippen molar-refractivity contribution in [3.63, 3.8) is 0 Å². The Kier molecular flexibility index (Phi) is 2.82. The van der Waals surface area contributed by atoms with E-state index in [4.69, 9.17) is 4.74 Å². The lowest BCUT2D eigenvalue weighted by atomic mass is 9.71. The number of esters is 1. The average Bonchev–Trinajstić information content (AvgIpc) is 2.77. The molecule has 3 unspecified atom stereocenters. The maximum Gasteiger partial charge on any atom is 0.337 e. The molecule has 3 atom stereocenters. The normalized spacial score (nSPS) is 28.4. The third-order valence-corrected chi connectivity index (χ3v) is 4.00. The van der Waals surface area contributed by atoms with E-state index in [1.165, 1.54) is 20.0 Å². The van der Waals surface area contributed by atoms with Gasteiger partial charge in [-0.05, 0) is 37.0 Å². The lowest BCUT2D eigenvalue weighted by Crippen LogP contribution is -2.43. The Morgan fingerprint density at radius 3 is 3.11 bits per heavy atom. The second-order valence-electron chi connectivity index (χ2n) is 5.06. The van der Waals surface area contributed by atoms with Crippen LogP contribution in [0.25, 0.3) is 0 Å². The van der Waals surface area contributed by atoms with Gasteiger partial charge in [-0.15, -0.1) is 0 Å². The van der Waals surface area contributed by atoms with Crippen molar-refractivity contribution in [2.24, 2.45) is 11.8 Å². The second-order valence-corrected chi connectivity index (χ2v) is 5.06. The quantitative estimate of drug-likeness (QED) is 0.655. The van der Waals surface area contributed by atoms with Gasteiger partial charge in [-0.3, -0.25) is 0 Å². The first-order valence-corrected chi connectivity index (χ1v) is 6.39. The highest BCUT2D eigenvalue weighted by molar-refractivity contribution is 5.90. The van der Waals surface area contributed by atoms with Crippen molar-refractivity contribution < 1.29 is 9.53 Å². The minimum Gasteiger partial charge on any atom is -0.465 e. The molecule has 1 saturated carbocycles. The molecule has 0 radical (unpaired) electrons. The summed E-state index contributed by atoms with van der Waals surface area (Å²) in [7, 11) is 1.41. The number of nitrogens with one attached hydrogen (secondary N) is 1. The molecular weight excluding hydrogens is 226 g/mol. The second kappa shape index (κ2) is 4.48. The number of benzene rings is 1. The van der Waals surface area contributed by atoms with Gasteiger partial charge in [-0.25, -0.2) is 4.79 Å². The first-order valence-electron chi connectivity index (χ1n) is 6.39. The molecule has 18 heavy (non-hydrogen) atoms. The molecular formula is C15H17NO2. The van der Waals surface area contributed by atoms with Crippen LogP contribution < -0.4 is 5.32 Å². The summed E-state index contributed by atoms with van der Waals surface area (Å²) in [5, 5.41) is 3.51. The summed E-state index contributed by atoms with van der Waals surface area (Å²) in [5.74, 6) is 1.23. The molecule has 3 rings (SSSR count). The number of ether oxygens (including phenoxy) is 1. The van der Waals surface area contributed by atoms with Gasteiger partial charge in [0.2, 0.25) is 0 Å². The maximum absolute atomic E-state index is 11.5. The average molecular weight is 243 g/mol. The topological polar surface area (TPSA) is 38.3 Å². The van der Waals surface area contributed by atoms with Crippen LogP contribution in [-0.2, 0) is 4.74 Å². The lowest BCUT2D eigenvalue weighted by Gasteiger charge is -2.41. The van der Waals surface area contributed by atoms with E-state index in [1.54, 1.807) is 6.07 Å². The van der Waals surface area contributed by atoms with Crippen molar-refractivity contribution >= 4 is 11.7 Å². The van der Waals surface area contributed by atoms with Gasteiger partial charge < -0.3 is 10.1 Å². The van der Waals surface area contributed by atoms with E-state index in [1.807, 2.05) is 18.2 Å². The van der Waals surface area contributed by atoms with Crippen LogP contribution in [0.2, 0.25) is 0 Å². The number of hydrogen-bond acceptors (Lipinski definition) is 3. The number of hydrogen-bond donors (Lipinski definition) is 1. The fourth-order valence-electron chi connectivity index (χ4n) is 2.95. The molecule has 0 heterocycles. The fourth-order valence-corrected chi connectivity index (χ4v) is 2.95. The molecule has 2 aliphatic carbocycles. The number of allylic oxidation sites excluding steroid dienone is 1. The van der Waals surface area contributed by atoms with Crippen LogP contribution in [0.15, 0.2) is 36.4 Å². The molecule has 0 saturated heterocycles. The van der Waals surface area contributed by atoms with E-state index in [0.717, 1.165) is 11.6 Å². The standard InChI is InChI=1S/C15H17NO2/c1-18-15(17)11-5-2-6-12(8-11)16-14-9-10-4-3-7-13(10)14/h2-3,5-8,10,13-14,16H,4,9H2,1H3. The van der Waals surface area contributed by atoms with Crippen LogP contribution in [0.1, 0.15) is 23.2 Å². The molecule has 0 bridgehead atoms. The number of anilines is 1. The SMILES string of the molecule is COC(=O)c1cccc(NC2CC3CC=CC32)c1. The van der Waals surface area contributed by atoms with Gasteiger partial charge >= 0.3 is 5.97 Å². The molecule has 2 aliphatic rings. The van der Waals surface area contributed by atoms with Gasteiger partial charge in [0, 0.05) is 17.6 Å². The van der Waals surface area contributed by atoms with Gasteiger partial charge in [0.05, 0.1) is 12.7 Å². The number of methoxy groups -OCH3 is 1. The summed E-state index contributed by atoms with van der Waals surface area (Å²) < 4.78 is 4.73. The molecule has 1 fully saturated rings. The summed E-state index contributed by atoms with van der Waals surface area (Å²) >= 11 is 0. The predicted octanol–water partition coefficient (Wildman–Crippen LogP) is 2.85. The van der Waals surface area contributed by atoms with Gasteiger partial charge in [-0.2, -0.15) is 0 Å². The molecule has 0 spiro atoms. The molecule has 0 aromatic heterocycles. The van der Waals surface area contributed by atoms with E-state index in [-0.39, 0.29) is 5.97 Å². The van der Waals surface area contributed by atoms with Gasteiger partial charge in [0.1, 0.15) is 0 Å². The van der Waals surface area contributed by atoms with Crippen molar-refractivity contribution in [1.29, 1.82) is 0 Å². The zero-order chi connectivity index (χ0) is 12.5. The minimum atomic E-state index is -0.286. The molecule has 94 valence electrons. The molecule has 3 heteroatoms. The number of carbonyl (C=O) groups is 1. The zero-order valence-electron chi connectivity index (χ0n) is 10.4. The number of rotatable bonds is 3. The summed E-state index contributed by atoms with van der Waals surface area (Å²) in [6.45, 7) is 0. The summed E-state index contributed by atoms with van der Waals surface area (Å²) in [5.41, 5.74) is 1.60. The molecule has 1 N–H and O–H groups in total. The molecule has 0 aliphatic heterocycles. The Bertz CT molecular complexity index is 495. The van der Waals surface area contributed by atoms with E-state index in [0.29, 0.717) is 17.5 Å². The molecule has 1 aromatic rings. The van der Waals surface area contributed by atoms with Crippen molar-refractivity contribution in [2.45, 2.75) is 18.9 Å². The Balaban J connectivity index is 1.69. The Morgan fingerprint density at radius 1 is 1.44 bits per heavy atom. The van der Waals surface area contributed by atoms with Crippen molar-refractivity contribution in [3.8, 4) is 0 Å². The van der Waals surface area contributed by atoms with Crippen LogP contribution in [-0.4, -0.2) is 19.1 Å². The smallest absolute Gasteiger partial charge is 0.337 e. The fraction of sp³-hybridized carbons (Fsp3) is 0.400. The van der Waals surface area contributed by atoms with Crippen molar-refractivity contribution in [2.75, 3.05) is 12.4 Å². The highest BCUT2D eigenvalue weighted by Gasteiger charge is 2.40. The van der Waals surface area contributed by atoms with E-state index < -0.39 is 0 Å². The van der Waals surface area contributed by atoms with Crippen LogP contribution in [0.3, 0.4) is 0 Å². The summed E-state index contributed by atoms with van der Waals surface area (Å²) in [4.78, 5) is 11.5. The predicted molar refractivity (Wildman–Crippen MR) is 70.5 cm³/mol. The summed E-state index contributed by atoms with van der Waals surface area (Å²) in [6.07, 6.45) is 7.04. The largest absolute Gasteiger partial charge is 0.465 e. The van der Waals surface area contributed by atoms with Gasteiger partial charge in [-0.1, -0.05) is 18.2 Å². The van der Waals surface area contributed by atoms with Gasteiger partial charge in [0.15, 0.2) is 0 Å². The Labute approximate surface area is 107 Å². The number of fused-ring (bicyclic) bond motifs is 1. The van der Waals surface area contributed by atoms with Crippen molar-refractivity contribution in [3.05, 3.63) is 42.0 Å².